The molecule has 0 aliphatic carbocycles. The van der Waals surface area contributed by atoms with Crippen molar-refractivity contribution in [2.24, 2.45) is 0 Å². The highest BCUT2D eigenvalue weighted by atomic mass is 16.6. The number of hydrogen-bond acceptors (Lipinski definition) is 4. The van der Waals surface area contributed by atoms with Crippen LogP contribution in [0.4, 0.5) is 0 Å². The average Bonchev–Trinajstić information content (AvgIpc) is 2.47. The number of rotatable bonds is 7. The van der Waals surface area contributed by atoms with Crippen molar-refractivity contribution < 1.29 is 19.0 Å². The zero-order valence-electron chi connectivity index (χ0n) is 11.8. The SMILES string of the molecule is CCOCCCNC(=O)Cc1ccc2c(c1)OCCO2. The van der Waals surface area contributed by atoms with Crippen molar-refractivity contribution in [1.82, 2.24) is 5.32 Å². The van der Waals surface area contributed by atoms with Gasteiger partial charge in [-0.3, -0.25) is 4.79 Å². The zero-order valence-corrected chi connectivity index (χ0v) is 11.8. The summed E-state index contributed by atoms with van der Waals surface area (Å²) in [6, 6.07) is 5.62. The molecule has 1 aliphatic rings. The second kappa shape index (κ2) is 7.75. The van der Waals surface area contributed by atoms with Crippen LogP contribution < -0.4 is 14.8 Å². The molecule has 1 amide bonds. The number of fused-ring (bicyclic) bond motifs is 1. The van der Waals surface area contributed by atoms with E-state index in [1.807, 2.05) is 25.1 Å². The standard InChI is InChI=1S/C15H21NO4/c1-2-18-7-3-6-16-15(17)11-12-4-5-13-14(10-12)20-9-8-19-13/h4-5,10H,2-3,6-9,11H2,1H3,(H,16,17). The van der Waals surface area contributed by atoms with Crippen LogP contribution in [0.15, 0.2) is 18.2 Å². The van der Waals surface area contributed by atoms with Crippen LogP contribution in [0.2, 0.25) is 0 Å². The Bertz CT molecular complexity index is 447. The van der Waals surface area contributed by atoms with E-state index in [0.29, 0.717) is 39.4 Å². The Hall–Kier alpha value is -1.75. The van der Waals surface area contributed by atoms with E-state index in [0.717, 1.165) is 23.5 Å². The summed E-state index contributed by atoms with van der Waals surface area (Å²) in [5.41, 5.74) is 0.927. The molecule has 2 rings (SSSR count). The maximum atomic E-state index is 11.8. The number of amides is 1. The first kappa shape index (κ1) is 14.7. The van der Waals surface area contributed by atoms with Crippen LogP contribution in [0.1, 0.15) is 18.9 Å². The molecule has 0 aromatic heterocycles. The lowest BCUT2D eigenvalue weighted by Crippen LogP contribution is -2.27. The van der Waals surface area contributed by atoms with Crippen LogP contribution in [-0.2, 0) is 16.0 Å². The topological polar surface area (TPSA) is 56.8 Å². The highest BCUT2D eigenvalue weighted by Gasteiger charge is 2.12. The summed E-state index contributed by atoms with van der Waals surface area (Å²) in [5.74, 6) is 1.48. The Morgan fingerprint density at radius 2 is 2.10 bits per heavy atom. The fraction of sp³-hybridized carbons (Fsp3) is 0.533. The molecule has 5 nitrogen and oxygen atoms in total. The summed E-state index contributed by atoms with van der Waals surface area (Å²) in [7, 11) is 0. The fourth-order valence-electron chi connectivity index (χ4n) is 1.99. The third-order valence-electron chi connectivity index (χ3n) is 2.96. The van der Waals surface area contributed by atoms with E-state index in [1.54, 1.807) is 0 Å². The molecule has 0 saturated carbocycles. The summed E-state index contributed by atoms with van der Waals surface area (Å²) < 4.78 is 16.2. The molecule has 20 heavy (non-hydrogen) atoms. The Morgan fingerprint density at radius 1 is 1.30 bits per heavy atom. The molecule has 1 aromatic rings. The molecule has 0 spiro atoms. The van der Waals surface area contributed by atoms with Crippen molar-refractivity contribution in [3.8, 4) is 11.5 Å². The van der Waals surface area contributed by atoms with E-state index in [9.17, 15) is 4.79 Å². The van der Waals surface area contributed by atoms with Gasteiger partial charge in [-0.2, -0.15) is 0 Å². The van der Waals surface area contributed by atoms with Gasteiger partial charge in [-0.25, -0.2) is 0 Å². The van der Waals surface area contributed by atoms with Gasteiger partial charge < -0.3 is 19.5 Å². The lowest BCUT2D eigenvalue weighted by molar-refractivity contribution is -0.120. The van der Waals surface area contributed by atoms with Gasteiger partial charge in [0.1, 0.15) is 13.2 Å². The first-order chi connectivity index (χ1) is 9.79. The van der Waals surface area contributed by atoms with Crippen molar-refractivity contribution in [3.05, 3.63) is 23.8 Å². The normalized spacial score (nSPS) is 13.1. The monoisotopic (exact) mass is 279 g/mol. The minimum atomic E-state index is 0.0122. The highest BCUT2D eigenvalue weighted by Crippen LogP contribution is 2.30. The van der Waals surface area contributed by atoms with E-state index in [-0.39, 0.29) is 5.91 Å². The second-order valence-electron chi connectivity index (χ2n) is 4.56. The zero-order chi connectivity index (χ0) is 14.2. The van der Waals surface area contributed by atoms with Crippen LogP contribution in [0, 0.1) is 0 Å². The quantitative estimate of drug-likeness (QED) is 0.769. The van der Waals surface area contributed by atoms with Crippen molar-refractivity contribution in [2.45, 2.75) is 19.8 Å². The summed E-state index contributed by atoms with van der Waals surface area (Å²) in [4.78, 5) is 11.8. The Morgan fingerprint density at radius 3 is 2.90 bits per heavy atom. The highest BCUT2D eigenvalue weighted by molar-refractivity contribution is 5.78. The van der Waals surface area contributed by atoms with Crippen LogP contribution in [0.3, 0.4) is 0 Å². The number of benzene rings is 1. The number of ether oxygens (including phenoxy) is 3. The van der Waals surface area contributed by atoms with Gasteiger partial charge in [-0.05, 0) is 31.0 Å². The van der Waals surface area contributed by atoms with Crippen LogP contribution in [-0.4, -0.2) is 38.9 Å². The van der Waals surface area contributed by atoms with E-state index in [2.05, 4.69) is 5.32 Å². The van der Waals surface area contributed by atoms with E-state index >= 15 is 0 Å². The van der Waals surface area contributed by atoms with Gasteiger partial charge in [0.2, 0.25) is 5.91 Å². The predicted octanol–water partition coefficient (Wildman–Crippen LogP) is 1.54. The third-order valence-corrected chi connectivity index (χ3v) is 2.96. The maximum Gasteiger partial charge on any atom is 0.224 e. The Balaban J connectivity index is 1.76. The molecule has 1 heterocycles. The van der Waals surface area contributed by atoms with E-state index in [1.165, 1.54) is 0 Å². The lowest BCUT2D eigenvalue weighted by atomic mass is 10.1. The minimum Gasteiger partial charge on any atom is -0.486 e. The molecular formula is C15H21NO4. The number of nitrogens with one attached hydrogen (secondary N) is 1. The third kappa shape index (κ3) is 4.42. The molecule has 0 unspecified atom stereocenters. The minimum absolute atomic E-state index is 0.0122. The van der Waals surface area contributed by atoms with Gasteiger partial charge in [-0.15, -0.1) is 0 Å². The van der Waals surface area contributed by atoms with Crippen LogP contribution in [0.25, 0.3) is 0 Å². The molecule has 110 valence electrons. The molecular weight excluding hydrogens is 258 g/mol. The average molecular weight is 279 g/mol. The lowest BCUT2D eigenvalue weighted by Gasteiger charge is -2.18. The first-order valence-corrected chi connectivity index (χ1v) is 7.02. The summed E-state index contributed by atoms with van der Waals surface area (Å²) in [6.07, 6.45) is 1.19. The molecule has 1 aromatic carbocycles. The maximum absolute atomic E-state index is 11.8. The van der Waals surface area contributed by atoms with Gasteiger partial charge in [0.25, 0.3) is 0 Å². The second-order valence-corrected chi connectivity index (χ2v) is 4.56. The summed E-state index contributed by atoms with van der Waals surface area (Å²) in [5, 5.41) is 2.88. The van der Waals surface area contributed by atoms with Gasteiger partial charge in [0.05, 0.1) is 6.42 Å². The van der Waals surface area contributed by atoms with Crippen LogP contribution in [0.5, 0.6) is 11.5 Å². The molecule has 0 saturated heterocycles. The molecule has 1 N–H and O–H groups in total. The summed E-state index contributed by atoms with van der Waals surface area (Å²) in [6.45, 7) is 5.13. The molecule has 0 bridgehead atoms. The summed E-state index contributed by atoms with van der Waals surface area (Å²) >= 11 is 0. The van der Waals surface area contributed by atoms with Crippen molar-refractivity contribution in [3.63, 3.8) is 0 Å². The van der Waals surface area contributed by atoms with Gasteiger partial charge >= 0.3 is 0 Å². The first-order valence-electron chi connectivity index (χ1n) is 7.02. The molecule has 0 radical (unpaired) electrons. The number of hydrogen-bond donors (Lipinski definition) is 1. The van der Waals surface area contributed by atoms with Crippen molar-refractivity contribution >= 4 is 5.91 Å². The number of carbonyl (C=O) groups is 1. The smallest absolute Gasteiger partial charge is 0.224 e. The van der Waals surface area contributed by atoms with E-state index in [4.69, 9.17) is 14.2 Å². The molecule has 1 aliphatic heterocycles. The Kier molecular flexibility index (Phi) is 5.68. The van der Waals surface area contributed by atoms with Gasteiger partial charge in [0.15, 0.2) is 11.5 Å². The van der Waals surface area contributed by atoms with E-state index < -0.39 is 0 Å². The van der Waals surface area contributed by atoms with Gasteiger partial charge in [-0.1, -0.05) is 6.07 Å². The Labute approximate surface area is 119 Å². The molecule has 5 heteroatoms. The fourth-order valence-corrected chi connectivity index (χ4v) is 1.99. The van der Waals surface area contributed by atoms with Gasteiger partial charge in [0, 0.05) is 19.8 Å². The largest absolute Gasteiger partial charge is 0.486 e. The number of carbonyl (C=O) groups excluding carboxylic acids is 1. The van der Waals surface area contributed by atoms with Crippen molar-refractivity contribution in [1.29, 1.82) is 0 Å². The van der Waals surface area contributed by atoms with Crippen LogP contribution >= 0.6 is 0 Å². The van der Waals surface area contributed by atoms with Crippen molar-refractivity contribution in [2.75, 3.05) is 33.0 Å². The molecule has 0 fully saturated rings. The predicted molar refractivity (Wildman–Crippen MR) is 75.3 cm³/mol. The molecule has 0 atom stereocenters.